The maximum atomic E-state index is 6.23. The van der Waals surface area contributed by atoms with E-state index in [1.165, 1.54) is 33.6 Å². The highest BCUT2D eigenvalue weighted by atomic mass is 16.3. The molecule has 0 unspecified atom stereocenters. The van der Waals surface area contributed by atoms with Crippen LogP contribution < -0.4 is 4.90 Å². The van der Waals surface area contributed by atoms with Crippen LogP contribution in [0.1, 0.15) is 36.1 Å². The zero-order valence-corrected chi connectivity index (χ0v) is 19.3. The van der Waals surface area contributed by atoms with Crippen molar-refractivity contribution >= 4 is 39.0 Å². The van der Waals surface area contributed by atoms with Gasteiger partial charge in [0.05, 0.1) is 11.1 Å². The summed E-state index contributed by atoms with van der Waals surface area (Å²) in [6.07, 6.45) is 1.99. The lowest BCUT2D eigenvalue weighted by Gasteiger charge is -2.29. The molecule has 0 amide bonds. The van der Waals surface area contributed by atoms with Crippen LogP contribution in [0.25, 0.3) is 21.9 Å². The molecule has 0 N–H and O–H groups in total. The van der Waals surface area contributed by atoms with Gasteiger partial charge in [0.2, 0.25) is 0 Å². The Kier molecular flexibility index (Phi) is 5.22. The minimum atomic E-state index is 0.918. The molecule has 0 saturated carbocycles. The molecule has 0 atom stereocenters. The topological polar surface area (TPSA) is 16.4 Å². The number of anilines is 3. The van der Waals surface area contributed by atoms with Crippen LogP contribution in [0.4, 0.5) is 17.1 Å². The second kappa shape index (κ2) is 8.20. The van der Waals surface area contributed by atoms with Gasteiger partial charge in [-0.1, -0.05) is 61.9 Å². The summed E-state index contributed by atoms with van der Waals surface area (Å²) in [5.74, 6) is 0. The summed E-state index contributed by atoms with van der Waals surface area (Å²) < 4.78 is 6.23. The van der Waals surface area contributed by atoms with Gasteiger partial charge in [-0.15, -0.1) is 0 Å². The summed E-state index contributed by atoms with van der Waals surface area (Å²) in [5, 5.41) is 2.31. The lowest BCUT2D eigenvalue weighted by Crippen LogP contribution is -2.13. The monoisotopic (exact) mass is 419 g/mol. The molecule has 0 spiro atoms. The first-order valence-electron chi connectivity index (χ1n) is 11.5. The molecule has 0 bridgehead atoms. The molecule has 2 nitrogen and oxygen atoms in total. The Bertz CT molecular complexity index is 1430. The van der Waals surface area contributed by atoms with E-state index in [1.54, 1.807) is 0 Å². The molecule has 1 heterocycles. The summed E-state index contributed by atoms with van der Waals surface area (Å²) in [4.78, 5) is 2.42. The summed E-state index contributed by atoms with van der Waals surface area (Å²) in [7, 11) is 0. The lowest BCUT2D eigenvalue weighted by molar-refractivity contribution is 0.669. The number of hydrogen-bond donors (Lipinski definition) is 0. The summed E-state index contributed by atoms with van der Waals surface area (Å²) in [6, 6.07) is 28.3. The van der Waals surface area contributed by atoms with Gasteiger partial charge in [-0.25, -0.2) is 0 Å². The van der Waals surface area contributed by atoms with Crippen molar-refractivity contribution in [1.82, 2.24) is 0 Å². The first kappa shape index (κ1) is 20.4. The maximum absolute atomic E-state index is 6.23. The van der Waals surface area contributed by atoms with Gasteiger partial charge in [0.25, 0.3) is 0 Å². The maximum Gasteiger partial charge on any atom is 0.137 e. The van der Waals surface area contributed by atoms with Crippen molar-refractivity contribution < 1.29 is 4.42 Å². The van der Waals surface area contributed by atoms with Gasteiger partial charge in [-0.2, -0.15) is 0 Å². The fourth-order valence-electron chi connectivity index (χ4n) is 4.74. The molecular formula is C30H29NO. The largest absolute Gasteiger partial charge is 0.456 e. The Morgan fingerprint density at radius 1 is 0.688 bits per heavy atom. The summed E-state index contributed by atoms with van der Waals surface area (Å²) in [5.41, 5.74) is 10.7. The highest BCUT2D eigenvalue weighted by Gasteiger charge is 2.21. The highest BCUT2D eigenvalue weighted by Crippen LogP contribution is 2.44. The molecule has 0 aliphatic carbocycles. The van der Waals surface area contributed by atoms with Crippen LogP contribution in [0.2, 0.25) is 0 Å². The van der Waals surface area contributed by atoms with Crippen molar-refractivity contribution in [3.05, 3.63) is 101 Å². The number of fused-ring (bicyclic) bond motifs is 3. The van der Waals surface area contributed by atoms with E-state index in [1.807, 2.05) is 12.1 Å². The van der Waals surface area contributed by atoms with Gasteiger partial charge >= 0.3 is 0 Å². The predicted octanol–water partition coefficient (Wildman–Crippen LogP) is 8.80. The quantitative estimate of drug-likeness (QED) is 0.283. The Morgan fingerprint density at radius 3 is 2.28 bits per heavy atom. The second-order valence-electron chi connectivity index (χ2n) is 8.53. The third-order valence-electron chi connectivity index (χ3n) is 6.45. The van der Waals surface area contributed by atoms with E-state index in [4.69, 9.17) is 4.42 Å². The third-order valence-corrected chi connectivity index (χ3v) is 6.45. The van der Waals surface area contributed by atoms with E-state index in [0.29, 0.717) is 0 Å². The van der Waals surface area contributed by atoms with E-state index >= 15 is 0 Å². The van der Waals surface area contributed by atoms with Gasteiger partial charge in [0.1, 0.15) is 11.2 Å². The second-order valence-corrected chi connectivity index (χ2v) is 8.53. The van der Waals surface area contributed by atoms with E-state index in [-0.39, 0.29) is 0 Å². The number of aryl methyl sites for hydroxylation is 4. The molecule has 2 heteroatoms. The number of nitrogens with zero attached hydrogens (tertiary/aromatic N) is 1. The van der Waals surface area contributed by atoms with Gasteiger partial charge in [0, 0.05) is 16.8 Å². The summed E-state index contributed by atoms with van der Waals surface area (Å²) in [6.45, 7) is 8.82. The van der Waals surface area contributed by atoms with E-state index in [9.17, 15) is 0 Å². The Balaban J connectivity index is 1.86. The van der Waals surface area contributed by atoms with Crippen LogP contribution in [-0.2, 0) is 12.8 Å². The number of furan rings is 1. The molecule has 0 aliphatic rings. The molecule has 5 aromatic rings. The van der Waals surface area contributed by atoms with Crippen molar-refractivity contribution in [3.8, 4) is 0 Å². The van der Waals surface area contributed by atoms with Gasteiger partial charge in [-0.05, 0) is 79.8 Å². The predicted molar refractivity (Wildman–Crippen MR) is 137 cm³/mol. The standard InChI is InChI=1S/C30H29NO/c1-5-22-19-24(16-15-21(22)4)31(26-17-14-20(3)18-23(26)6-2)27-11-9-13-29-30(27)25-10-7-8-12-28(25)32-29/h7-19H,5-6H2,1-4H3. The number of rotatable bonds is 5. The van der Waals surface area contributed by atoms with Crippen LogP contribution in [0, 0.1) is 13.8 Å². The molecular weight excluding hydrogens is 390 g/mol. The number of benzene rings is 4. The van der Waals surface area contributed by atoms with Crippen LogP contribution in [0.15, 0.2) is 83.3 Å². The highest BCUT2D eigenvalue weighted by molar-refractivity contribution is 6.13. The van der Waals surface area contributed by atoms with Gasteiger partial charge < -0.3 is 9.32 Å². The normalized spacial score (nSPS) is 11.4. The summed E-state index contributed by atoms with van der Waals surface area (Å²) >= 11 is 0. The van der Waals surface area contributed by atoms with Crippen LogP contribution in [0.5, 0.6) is 0 Å². The van der Waals surface area contributed by atoms with Crippen molar-refractivity contribution in [2.75, 3.05) is 4.90 Å². The van der Waals surface area contributed by atoms with E-state index in [2.05, 4.69) is 99.3 Å². The Morgan fingerprint density at radius 2 is 1.47 bits per heavy atom. The molecule has 32 heavy (non-hydrogen) atoms. The number of hydrogen-bond acceptors (Lipinski definition) is 2. The van der Waals surface area contributed by atoms with E-state index < -0.39 is 0 Å². The molecule has 0 radical (unpaired) electrons. The smallest absolute Gasteiger partial charge is 0.137 e. The Hall–Kier alpha value is -3.52. The van der Waals surface area contributed by atoms with Crippen molar-refractivity contribution in [3.63, 3.8) is 0 Å². The molecule has 1 aromatic heterocycles. The molecule has 0 aliphatic heterocycles. The molecule has 0 saturated heterocycles. The zero-order chi connectivity index (χ0) is 22.2. The van der Waals surface area contributed by atoms with Crippen LogP contribution in [0.3, 0.4) is 0 Å². The van der Waals surface area contributed by atoms with Gasteiger partial charge in [-0.3, -0.25) is 0 Å². The molecule has 160 valence electrons. The zero-order valence-electron chi connectivity index (χ0n) is 19.3. The third kappa shape index (κ3) is 3.36. The average molecular weight is 420 g/mol. The Labute approximate surface area is 190 Å². The minimum Gasteiger partial charge on any atom is -0.456 e. The van der Waals surface area contributed by atoms with E-state index in [0.717, 1.165) is 40.5 Å². The lowest BCUT2D eigenvalue weighted by atomic mass is 10.0. The van der Waals surface area contributed by atoms with Crippen molar-refractivity contribution in [2.45, 2.75) is 40.5 Å². The fraction of sp³-hybridized carbons (Fsp3) is 0.200. The van der Waals surface area contributed by atoms with Crippen molar-refractivity contribution in [2.24, 2.45) is 0 Å². The first-order chi connectivity index (χ1) is 15.6. The van der Waals surface area contributed by atoms with Crippen LogP contribution >= 0.6 is 0 Å². The molecule has 4 aromatic carbocycles. The van der Waals surface area contributed by atoms with Crippen molar-refractivity contribution in [1.29, 1.82) is 0 Å². The number of para-hydroxylation sites is 1. The minimum absolute atomic E-state index is 0.918. The van der Waals surface area contributed by atoms with Gasteiger partial charge in [0.15, 0.2) is 0 Å². The molecule has 0 fully saturated rings. The van der Waals surface area contributed by atoms with Crippen LogP contribution in [-0.4, -0.2) is 0 Å². The SMILES string of the molecule is CCc1cc(N(c2ccc(C)cc2CC)c2cccc3oc4ccccc4c23)ccc1C. The average Bonchev–Trinajstić information content (AvgIpc) is 3.20. The fourth-order valence-corrected chi connectivity index (χ4v) is 4.74. The first-order valence-corrected chi connectivity index (χ1v) is 11.5. The molecule has 5 rings (SSSR count).